The number of nitrogens with one attached hydrogen (secondary N) is 2. The van der Waals surface area contributed by atoms with Crippen LogP contribution in [0, 0.1) is 0 Å². The molecule has 2 unspecified atom stereocenters. The van der Waals surface area contributed by atoms with Gasteiger partial charge in [0.15, 0.2) is 0 Å². The van der Waals surface area contributed by atoms with Crippen LogP contribution in [0.2, 0.25) is 0 Å². The fourth-order valence-corrected chi connectivity index (χ4v) is 1.52. The second-order valence-corrected chi connectivity index (χ2v) is 4.09. The molecule has 2 N–H and O–H groups in total. The van der Waals surface area contributed by atoms with E-state index < -0.39 is 0 Å². The summed E-state index contributed by atoms with van der Waals surface area (Å²) in [5.41, 5.74) is 0. The van der Waals surface area contributed by atoms with Gasteiger partial charge in [0, 0.05) is 33.2 Å². The molecular weight excluding hydrogens is 208 g/mol. The Morgan fingerprint density at radius 1 is 1.69 bits per heavy atom. The number of hydrogen-bond acceptors (Lipinski definition) is 4. The average Bonchev–Trinajstić information content (AvgIpc) is 2.34. The van der Waals surface area contributed by atoms with Crippen molar-refractivity contribution in [1.29, 1.82) is 0 Å². The van der Waals surface area contributed by atoms with E-state index in [-0.39, 0.29) is 18.1 Å². The summed E-state index contributed by atoms with van der Waals surface area (Å²) >= 11 is 0. The first-order valence-electron chi connectivity index (χ1n) is 5.84. The van der Waals surface area contributed by atoms with Gasteiger partial charge in [0.1, 0.15) is 0 Å². The van der Waals surface area contributed by atoms with Crippen LogP contribution in [0.1, 0.15) is 19.8 Å². The van der Waals surface area contributed by atoms with E-state index in [1.807, 2.05) is 6.92 Å². The molecule has 16 heavy (non-hydrogen) atoms. The molecule has 0 bridgehead atoms. The first kappa shape index (κ1) is 13.4. The van der Waals surface area contributed by atoms with Crippen LogP contribution in [0.4, 0.5) is 0 Å². The van der Waals surface area contributed by atoms with E-state index in [1.165, 1.54) is 0 Å². The summed E-state index contributed by atoms with van der Waals surface area (Å²) in [6, 6.07) is 0. The Morgan fingerprint density at radius 2 is 2.50 bits per heavy atom. The first-order valence-corrected chi connectivity index (χ1v) is 5.84. The number of ether oxygens (including phenoxy) is 2. The van der Waals surface area contributed by atoms with Gasteiger partial charge in [-0.1, -0.05) is 0 Å². The van der Waals surface area contributed by atoms with Crippen LogP contribution < -0.4 is 10.6 Å². The van der Waals surface area contributed by atoms with Crippen molar-refractivity contribution in [2.24, 2.45) is 0 Å². The van der Waals surface area contributed by atoms with Gasteiger partial charge in [-0.3, -0.25) is 4.79 Å². The van der Waals surface area contributed by atoms with Crippen LogP contribution >= 0.6 is 0 Å². The van der Waals surface area contributed by atoms with Crippen LogP contribution in [0.3, 0.4) is 0 Å². The van der Waals surface area contributed by atoms with Crippen molar-refractivity contribution in [2.45, 2.75) is 32.0 Å². The number of amides is 1. The quantitative estimate of drug-likeness (QED) is 0.669. The van der Waals surface area contributed by atoms with E-state index in [9.17, 15) is 4.79 Å². The molecule has 94 valence electrons. The number of morpholine rings is 1. The fraction of sp³-hybridized carbons (Fsp3) is 0.909. The monoisotopic (exact) mass is 230 g/mol. The predicted molar refractivity (Wildman–Crippen MR) is 61.3 cm³/mol. The van der Waals surface area contributed by atoms with E-state index in [0.29, 0.717) is 13.0 Å². The van der Waals surface area contributed by atoms with Crippen molar-refractivity contribution >= 4 is 5.91 Å². The third-order valence-electron chi connectivity index (χ3n) is 2.71. The third-order valence-corrected chi connectivity index (χ3v) is 2.71. The van der Waals surface area contributed by atoms with Gasteiger partial charge in [-0.05, 0) is 13.3 Å². The van der Waals surface area contributed by atoms with Gasteiger partial charge in [0.2, 0.25) is 5.91 Å². The molecule has 5 heteroatoms. The summed E-state index contributed by atoms with van der Waals surface area (Å²) in [5, 5.41) is 6.09. The van der Waals surface area contributed by atoms with Gasteiger partial charge in [-0.2, -0.15) is 0 Å². The molecule has 0 radical (unpaired) electrons. The summed E-state index contributed by atoms with van der Waals surface area (Å²) in [6.07, 6.45) is 1.51. The highest BCUT2D eigenvalue weighted by molar-refractivity contribution is 5.75. The maximum Gasteiger partial charge on any atom is 0.220 e. The van der Waals surface area contributed by atoms with Gasteiger partial charge >= 0.3 is 0 Å². The Balaban J connectivity index is 2.05. The lowest BCUT2D eigenvalue weighted by Gasteiger charge is -2.23. The van der Waals surface area contributed by atoms with Crippen molar-refractivity contribution in [2.75, 3.05) is 33.4 Å². The maximum absolute atomic E-state index is 11.5. The Morgan fingerprint density at radius 3 is 3.12 bits per heavy atom. The smallest absolute Gasteiger partial charge is 0.220 e. The van der Waals surface area contributed by atoms with Crippen molar-refractivity contribution in [3.63, 3.8) is 0 Å². The van der Waals surface area contributed by atoms with Gasteiger partial charge in [0.25, 0.3) is 0 Å². The molecule has 0 aromatic carbocycles. The molecular formula is C11H22N2O3. The second-order valence-electron chi connectivity index (χ2n) is 4.09. The SMILES string of the molecule is COC(C)CCC(=O)NCC1CNCCO1. The lowest BCUT2D eigenvalue weighted by Crippen LogP contribution is -2.45. The van der Waals surface area contributed by atoms with E-state index in [0.717, 1.165) is 26.1 Å². The Hall–Kier alpha value is -0.650. The van der Waals surface area contributed by atoms with Gasteiger partial charge in [-0.15, -0.1) is 0 Å². The molecule has 5 nitrogen and oxygen atoms in total. The normalized spacial score (nSPS) is 22.8. The zero-order valence-corrected chi connectivity index (χ0v) is 10.1. The summed E-state index contributed by atoms with van der Waals surface area (Å²) in [5.74, 6) is 0.0677. The molecule has 0 saturated carbocycles. The van der Waals surface area contributed by atoms with Crippen molar-refractivity contribution in [3.05, 3.63) is 0 Å². The molecule has 2 atom stereocenters. The number of carbonyl (C=O) groups is 1. The molecule has 0 aromatic heterocycles. The largest absolute Gasteiger partial charge is 0.382 e. The molecule has 1 rings (SSSR count). The van der Waals surface area contributed by atoms with Gasteiger partial charge in [-0.25, -0.2) is 0 Å². The molecule has 1 aliphatic heterocycles. The van der Waals surface area contributed by atoms with E-state index in [1.54, 1.807) is 7.11 Å². The first-order chi connectivity index (χ1) is 7.72. The summed E-state index contributed by atoms with van der Waals surface area (Å²) in [4.78, 5) is 11.5. The zero-order chi connectivity index (χ0) is 11.8. The predicted octanol–water partition coefficient (Wildman–Crippen LogP) is -0.0939. The number of hydrogen-bond donors (Lipinski definition) is 2. The van der Waals surface area contributed by atoms with Crippen molar-refractivity contribution < 1.29 is 14.3 Å². The minimum absolute atomic E-state index is 0.0677. The van der Waals surface area contributed by atoms with Gasteiger partial charge in [0.05, 0.1) is 18.8 Å². The molecule has 1 aliphatic rings. The highest BCUT2D eigenvalue weighted by Gasteiger charge is 2.14. The van der Waals surface area contributed by atoms with E-state index in [4.69, 9.17) is 9.47 Å². The van der Waals surface area contributed by atoms with E-state index >= 15 is 0 Å². The number of carbonyl (C=O) groups excluding carboxylic acids is 1. The zero-order valence-electron chi connectivity index (χ0n) is 10.1. The van der Waals surface area contributed by atoms with Crippen molar-refractivity contribution in [1.82, 2.24) is 10.6 Å². The lowest BCUT2D eigenvalue weighted by molar-refractivity contribution is -0.122. The molecule has 0 aromatic rings. The van der Waals surface area contributed by atoms with Crippen LogP contribution in [0.25, 0.3) is 0 Å². The number of rotatable bonds is 6. The summed E-state index contributed by atoms with van der Waals surface area (Å²) in [7, 11) is 1.66. The van der Waals surface area contributed by atoms with E-state index in [2.05, 4.69) is 10.6 Å². The molecule has 0 spiro atoms. The van der Waals surface area contributed by atoms with Crippen LogP contribution in [-0.4, -0.2) is 51.5 Å². The maximum atomic E-state index is 11.5. The minimum Gasteiger partial charge on any atom is -0.382 e. The summed E-state index contributed by atoms with van der Waals surface area (Å²) in [6.45, 7) is 4.99. The minimum atomic E-state index is 0.0677. The third kappa shape index (κ3) is 5.44. The molecule has 0 aliphatic carbocycles. The summed E-state index contributed by atoms with van der Waals surface area (Å²) < 4.78 is 10.6. The average molecular weight is 230 g/mol. The standard InChI is InChI=1S/C11H22N2O3/c1-9(15-2)3-4-11(14)13-8-10-7-12-5-6-16-10/h9-10,12H,3-8H2,1-2H3,(H,13,14). The Labute approximate surface area is 96.9 Å². The highest BCUT2D eigenvalue weighted by Crippen LogP contribution is 2.00. The Kier molecular flexibility index (Phi) is 6.37. The molecule has 1 fully saturated rings. The lowest BCUT2D eigenvalue weighted by atomic mass is 10.2. The molecule has 1 heterocycles. The van der Waals surface area contributed by atoms with Crippen LogP contribution in [0.5, 0.6) is 0 Å². The van der Waals surface area contributed by atoms with Crippen LogP contribution in [-0.2, 0) is 14.3 Å². The molecule has 1 amide bonds. The second kappa shape index (κ2) is 7.60. The van der Waals surface area contributed by atoms with Crippen molar-refractivity contribution in [3.8, 4) is 0 Å². The highest BCUT2D eigenvalue weighted by atomic mass is 16.5. The number of methoxy groups -OCH3 is 1. The molecule has 1 saturated heterocycles. The van der Waals surface area contributed by atoms with Crippen LogP contribution in [0.15, 0.2) is 0 Å². The van der Waals surface area contributed by atoms with Gasteiger partial charge < -0.3 is 20.1 Å². The fourth-order valence-electron chi connectivity index (χ4n) is 1.52. The Bertz CT molecular complexity index is 205. The topological polar surface area (TPSA) is 59.6 Å².